The predicted molar refractivity (Wildman–Crippen MR) is 147 cm³/mol. The van der Waals surface area contributed by atoms with Gasteiger partial charge in [0.05, 0.1) is 0 Å². The third-order valence-electron chi connectivity index (χ3n) is 5.69. The molecule has 202 valence electrons. The summed E-state index contributed by atoms with van der Waals surface area (Å²) in [4.78, 5) is 49.3. The van der Waals surface area contributed by atoms with Gasteiger partial charge in [-0.3, -0.25) is 14.5 Å². The number of hydrogen-bond donors (Lipinski definition) is 3. The van der Waals surface area contributed by atoms with Crippen molar-refractivity contribution in [3.63, 3.8) is 0 Å². The van der Waals surface area contributed by atoms with Gasteiger partial charge in [0, 0.05) is 23.0 Å². The van der Waals surface area contributed by atoms with E-state index in [4.69, 9.17) is 10.6 Å². The normalized spacial score (nSPS) is 19.8. The molecule has 1 aromatic carbocycles. The van der Waals surface area contributed by atoms with Gasteiger partial charge in [0.15, 0.2) is 9.47 Å². The molecule has 39 heavy (non-hydrogen) atoms. The number of carboxylic acids is 1. The number of benzene rings is 1. The van der Waals surface area contributed by atoms with Crippen LogP contribution in [0.25, 0.3) is 0 Å². The predicted octanol–water partition coefficient (Wildman–Crippen LogP) is 1.98. The molecule has 4 N–H and O–H groups in total. The monoisotopic (exact) mass is 604 g/mol. The van der Waals surface area contributed by atoms with Crippen molar-refractivity contribution in [1.82, 2.24) is 29.8 Å². The van der Waals surface area contributed by atoms with E-state index >= 15 is 0 Å². The van der Waals surface area contributed by atoms with Crippen LogP contribution in [0, 0.1) is 0 Å². The first kappa shape index (κ1) is 27.0. The van der Waals surface area contributed by atoms with Crippen molar-refractivity contribution < 1.29 is 24.3 Å². The van der Waals surface area contributed by atoms with Gasteiger partial charge in [-0.2, -0.15) is 9.36 Å². The van der Waals surface area contributed by atoms with Crippen LogP contribution in [-0.4, -0.2) is 76.0 Å². The summed E-state index contributed by atoms with van der Waals surface area (Å²) in [6, 6.07) is 8.32. The lowest BCUT2D eigenvalue weighted by atomic mass is 10.0. The maximum absolute atomic E-state index is 13.3. The number of nitrogens with zero attached hydrogens (tertiary/aromatic N) is 6. The van der Waals surface area contributed by atoms with Gasteiger partial charge in [-0.25, -0.2) is 4.79 Å². The van der Waals surface area contributed by atoms with Crippen molar-refractivity contribution in [3.05, 3.63) is 58.5 Å². The third-order valence-corrected chi connectivity index (χ3v) is 9.51. The van der Waals surface area contributed by atoms with E-state index in [1.54, 1.807) is 12.4 Å². The van der Waals surface area contributed by atoms with E-state index < -0.39 is 35.3 Å². The van der Waals surface area contributed by atoms with Gasteiger partial charge in [-0.15, -0.1) is 22.0 Å². The molecule has 3 aromatic rings. The highest BCUT2D eigenvalue weighted by atomic mass is 32.2. The number of oxime groups is 1. The summed E-state index contributed by atoms with van der Waals surface area (Å²) in [5.74, 6) is -1.82. The van der Waals surface area contributed by atoms with Crippen LogP contribution in [0.1, 0.15) is 24.4 Å². The van der Waals surface area contributed by atoms with E-state index in [0.717, 1.165) is 17.1 Å². The molecule has 5 rings (SSSR count). The van der Waals surface area contributed by atoms with E-state index in [2.05, 4.69) is 30.0 Å². The van der Waals surface area contributed by atoms with Crippen LogP contribution in [-0.2, 0) is 19.2 Å². The highest BCUT2D eigenvalue weighted by molar-refractivity contribution is 8.01. The van der Waals surface area contributed by atoms with Gasteiger partial charge >= 0.3 is 5.97 Å². The molecule has 2 aliphatic rings. The third kappa shape index (κ3) is 5.75. The summed E-state index contributed by atoms with van der Waals surface area (Å²) in [6.07, 6.45) is -0.487. The average molecular weight is 605 g/mol. The number of fused-ring (bicyclic) bond motifs is 1. The quantitative estimate of drug-likeness (QED) is 0.132. The zero-order chi connectivity index (χ0) is 27.5. The number of β-lactam (4-membered cyclic amide) rings is 1. The second-order valence-electron chi connectivity index (χ2n) is 8.17. The Labute approximate surface area is 238 Å². The molecule has 17 heteroatoms. The van der Waals surface area contributed by atoms with Crippen LogP contribution >= 0.6 is 46.4 Å². The Balaban J connectivity index is 1.32. The van der Waals surface area contributed by atoms with Crippen LogP contribution in [0.2, 0.25) is 0 Å². The first-order chi connectivity index (χ1) is 18.8. The molecular formula is C22H20N8O5S4. The molecule has 2 amide bonds. The van der Waals surface area contributed by atoms with Crippen LogP contribution in [0.4, 0.5) is 5.13 Å². The molecule has 2 aromatic heterocycles. The minimum atomic E-state index is -1.21. The maximum atomic E-state index is 13.3. The minimum Gasteiger partial charge on any atom is -0.477 e. The number of anilines is 1. The van der Waals surface area contributed by atoms with E-state index in [9.17, 15) is 19.5 Å². The Hall–Kier alpha value is -3.54. The second-order valence-corrected chi connectivity index (χ2v) is 12.1. The van der Waals surface area contributed by atoms with Crippen LogP contribution in [0.15, 0.2) is 56.6 Å². The molecule has 2 unspecified atom stereocenters. The van der Waals surface area contributed by atoms with Crippen LogP contribution in [0.5, 0.6) is 0 Å². The molecular weight excluding hydrogens is 585 g/mol. The first-order valence-electron chi connectivity index (χ1n) is 11.3. The number of nitrogens with two attached hydrogens (primary N) is 1. The molecule has 2 aliphatic heterocycles. The number of rotatable bonds is 10. The molecule has 0 bridgehead atoms. The minimum absolute atomic E-state index is 0.0442. The van der Waals surface area contributed by atoms with E-state index in [0.29, 0.717) is 21.4 Å². The lowest BCUT2D eigenvalue weighted by molar-refractivity contribution is -0.150. The van der Waals surface area contributed by atoms with Crippen molar-refractivity contribution in [2.45, 2.75) is 28.8 Å². The van der Waals surface area contributed by atoms with Crippen molar-refractivity contribution in [3.8, 4) is 0 Å². The summed E-state index contributed by atoms with van der Waals surface area (Å²) in [5, 5.41) is 23.8. The molecule has 0 spiro atoms. The Bertz CT molecular complexity index is 1450. The molecule has 0 saturated carbocycles. The molecule has 4 heterocycles. The fraction of sp³-hybridized carbons (Fsp3) is 0.273. The molecule has 3 atom stereocenters. The zero-order valence-corrected chi connectivity index (χ0v) is 23.4. The van der Waals surface area contributed by atoms with Crippen molar-refractivity contribution in [2.75, 3.05) is 17.2 Å². The van der Waals surface area contributed by atoms with Gasteiger partial charge in [-0.1, -0.05) is 58.6 Å². The van der Waals surface area contributed by atoms with Gasteiger partial charge in [0.25, 0.3) is 11.8 Å². The summed E-state index contributed by atoms with van der Waals surface area (Å²) < 4.78 is 4.76. The number of aromatic nitrogens is 4. The molecule has 0 radical (unpaired) electrons. The SMILES string of the molecule is CC(ON=C(C(=O)NC1C(=O)N2C(C(=O)O)=C(CSc3nncs3)CS[C@@H]12)c1nsc(N)n1)c1ccccc1. The topological polar surface area (TPSA) is 186 Å². The fourth-order valence-electron chi connectivity index (χ4n) is 3.81. The standard InChI is InChI=1S/C22H20N8O5S4/c1-10(11-5-3-2-4-6-11)35-28-13(16-26-21(23)39-29-16)17(31)25-14-18(32)30-15(20(33)34)12(7-36-19(14)30)8-37-22-27-24-9-38-22/h2-6,9-10,14,19H,7-8H2,1H3,(H,25,31)(H,33,34)(H2,23,26,29)/t10?,14?,19-/m0/s1. The molecule has 13 nitrogen and oxygen atoms in total. The van der Waals surface area contributed by atoms with Gasteiger partial charge < -0.3 is 21.0 Å². The van der Waals surface area contributed by atoms with Crippen molar-refractivity contribution in [1.29, 1.82) is 0 Å². The molecule has 1 fully saturated rings. The number of aliphatic carboxylic acids is 1. The largest absolute Gasteiger partial charge is 0.477 e. The van der Waals surface area contributed by atoms with Gasteiger partial charge in [0.1, 0.15) is 28.7 Å². The lowest BCUT2D eigenvalue weighted by Crippen LogP contribution is -2.71. The summed E-state index contributed by atoms with van der Waals surface area (Å²) in [5.41, 5.74) is 8.40. The number of hydrogen-bond acceptors (Lipinski definition) is 14. The highest BCUT2D eigenvalue weighted by Crippen LogP contribution is 2.41. The Morgan fingerprint density at radius 3 is 2.82 bits per heavy atom. The fourth-order valence-corrected chi connectivity index (χ4v) is 7.22. The Kier molecular flexibility index (Phi) is 8.10. The number of thioether (sulfide) groups is 2. The van der Waals surface area contributed by atoms with Crippen molar-refractivity contribution in [2.24, 2.45) is 5.16 Å². The van der Waals surface area contributed by atoms with E-state index in [-0.39, 0.29) is 22.4 Å². The number of carbonyl (C=O) groups is 3. The van der Waals surface area contributed by atoms with Gasteiger partial charge in [-0.05, 0) is 18.1 Å². The average Bonchev–Trinajstić information content (AvgIpc) is 3.62. The smallest absolute Gasteiger partial charge is 0.352 e. The number of carbonyl (C=O) groups excluding carboxylic acids is 2. The lowest BCUT2D eigenvalue weighted by Gasteiger charge is -2.49. The van der Waals surface area contributed by atoms with E-state index in [1.165, 1.54) is 39.8 Å². The second kappa shape index (κ2) is 11.7. The van der Waals surface area contributed by atoms with Crippen molar-refractivity contribution >= 4 is 75.0 Å². The molecule has 1 saturated heterocycles. The Morgan fingerprint density at radius 1 is 1.36 bits per heavy atom. The van der Waals surface area contributed by atoms with E-state index in [1.807, 2.05) is 30.3 Å². The number of amides is 2. The summed E-state index contributed by atoms with van der Waals surface area (Å²) in [7, 11) is 0. The molecule has 0 aliphatic carbocycles. The van der Waals surface area contributed by atoms with Crippen LogP contribution < -0.4 is 11.1 Å². The van der Waals surface area contributed by atoms with Crippen LogP contribution in [0.3, 0.4) is 0 Å². The number of nitrogens with one attached hydrogen (secondary N) is 1. The van der Waals surface area contributed by atoms with Gasteiger partial charge in [0.2, 0.25) is 11.5 Å². The Morgan fingerprint density at radius 2 is 2.15 bits per heavy atom. The maximum Gasteiger partial charge on any atom is 0.352 e. The number of carboxylic acid groups (broad SMARTS) is 1. The summed E-state index contributed by atoms with van der Waals surface area (Å²) >= 11 is 4.95. The summed E-state index contributed by atoms with van der Waals surface area (Å²) in [6.45, 7) is 1.77. The highest BCUT2D eigenvalue weighted by Gasteiger charge is 2.54. The first-order valence-corrected chi connectivity index (χ1v) is 15.0. The number of nitrogen functional groups attached to an aromatic ring is 1. The zero-order valence-electron chi connectivity index (χ0n) is 20.1.